The second kappa shape index (κ2) is 4.83. The lowest BCUT2D eigenvalue weighted by atomic mass is 10.4. The van der Waals surface area contributed by atoms with Gasteiger partial charge >= 0.3 is 0 Å². The molecule has 2 heterocycles. The number of thiophene rings is 1. The highest BCUT2D eigenvalue weighted by Gasteiger charge is 2.00. The maximum atomic E-state index is 4.06. The first-order valence-corrected chi connectivity index (χ1v) is 6.42. The Labute approximate surface area is 97.2 Å². The van der Waals surface area contributed by atoms with E-state index in [1.54, 1.807) is 11.3 Å². The third-order valence-corrected chi connectivity index (χ3v) is 3.78. The summed E-state index contributed by atoms with van der Waals surface area (Å²) in [6, 6.07) is 4.31. The summed E-state index contributed by atoms with van der Waals surface area (Å²) in [5.74, 6) is 0. The van der Waals surface area contributed by atoms with Gasteiger partial charge in [-0.2, -0.15) is 0 Å². The van der Waals surface area contributed by atoms with Crippen molar-refractivity contribution in [1.82, 2.24) is 15.5 Å². The molecule has 0 aliphatic heterocycles. The molecule has 2 aromatic heterocycles. The topological polar surface area (TPSA) is 37.8 Å². The van der Waals surface area contributed by atoms with Crippen LogP contribution in [-0.4, -0.2) is 10.2 Å². The second-order valence-electron chi connectivity index (χ2n) is 3.33. The van der Waals surface area contributed by atoms with Crippen LogP contribution in [0.2, 0.25) is 0 Å². The molecule has 2 rings (SSSR count). The van der Waals surface area contributed by atoms with Crippen molar-refractivity contribution in [3.8, 4) is 0 Å². The van der Waals surface area contributed by atoms with E-state index in [1.165, 1.54) is 9.75 Å². The standard InChI is InChI=1S/C10H13N3S2/c1-7-3-4-9(14-7)5-11-6-10-13-12-8(2)15-10/h3-4,11H,5-6H2,1-2H3. The van der Waals surface area contributed by atoms with Crippen LogP contribution in [0.25, 0.3) is 0 Å². The van der Waals surface area contributed by atoms with Gasteiger partial charge in [-0.25, -0.2) is 0 Å². The highest BCUT2D eigenvalue weighted by atomic mass is 32.1. The van der Waals surface area contributed by atoms with Gasteiger partial charge in [-0.3, -0.25) is 0 Å². The smallest absolute Gasteiger partial charge is 0.131 e. The Morgan fingerprint density at radius 2 is 2.00 bits per heavy atom. The molecular formula is C10H13N3S2. The predicted molar refractivity (Wildman–Crippen MR) is 64.2 cm³/mol. The van der Waals surface area contributed by atoms with Gasteiger partial charge in [-0.1, -0.05) is 0 Å². The van der Waals surface area contributed by atoms with E-state index in [2.05, 4.69) is 34.6 Å². The first-order chi connectivity index (χ1) is 7.24. The zero-order valence-corrected chi connectivity index (χ0v) is 10.4. The van der Waals surface area contributed by atoms with E-state index >= 15 is 0 Å². The van der Waals surface area contributed by atoms with Crippen LogP contribution in [0.3, 0.4) is 0 Å². The third kappa shape index (κ3) is 3.09. The summed E-state index contributed by atoms with van der Waals surface area (Å²) < 4.78 is 0. The van der Waals surface area contributed by atoms with Gasteiger partial charge in [0, 0.05) is 16.3 Å². The van der Waals surface area contributed by atoms with E-state index in [4.69, 9.17) is 0 Å². The summed E-state index contributed by atoms with van der Waals surface area (Å²) in [4.78, 5) is 2.73. The molecule has 0 amide bonds. The predicted octanol–water partition coefficient (Wildman–Crippen LogP) is 2.51. The van der Waals surface area contributed by atoms with Crippen LogP contribution < -0.4 is 5.32 Å². The van der Waals surface area contributed by atoms with Crippen molar-refractivity contribution in [3.05, 3.63) is 31.9 Å². The Hall–Kier alpha value is -0.780. The summed E-state index contributed by atoms with van der Waals surface area (Å²) in [5.41, 5.74) is 0. The minimum Gasteiger partial charge on any atom is -0.305 e. The molecule has 0 saturated heterocycles. The summed E-state index contributed by atoms with van der Waals surface area (Å²) in [6.45, 7) is 5.83. The molecule has 0 aliphatic rings. The fraction of sp³-hybridized carbons (Fsp3) is 0.400. The van der Waals surface area contributed by atoms with Crippen LogP contribution in [-0.2, 0) is 13.1 Å². The van der Waals surface area contributed by atoms with Crippen molar-refractivity contribution in [2.75, 3.05) is 0 Å². The highest BCUT2D eigenvalue weighted by Crippen LogP contribution is 2.15. The van der Waals surface area contributed by atoms with E-state index in [1.807, 2.05) is 18.3 Å². The Kier molecular flexibility index (Phi) is 3.45. The minimum atomic E-state index is 0.808. The Morgan fingerprint density at radius 1 is 1.13 bits per heavy atom. The Bertz CT molecular complexity index is 393. The van der Waals surface area contributed by atoms with Crippen molar-refractivity contribution in [2.24, 2.45) is 0 Å². The first kappa shape index (κ1) is 10.7. The molecule has 0 bridgehead atoms. The van der Waals surface area contributed by atoms with E-state index < -0.39 is 0 Å². The lowest BCUT2D eigenvalue weighted by molar-refractivity contribution is 0.690. The van der Waals surface area contributed by atoms with Gasteiger partial charge in [0.2, 0.25) is 0 Å². The molecule has 80 valence electrons. The van der Waals surface area contributed by atoms with Crippen LogP contribution in [0.15, 0.2) is 12.1 Å². The molecule has 0 aliphatic carbocycles. The summed E-state index contributed by atoms with van der Waals surface area (Å²) in [5, 5.41) is 13.5. The molecule has 0 fully saturated rings. The zero-order chi connectivity index (χ0) is 10.7. The summed E-state index contributed by atoms with van der Waals surface area (Å²) >= 11 is 3.48. The SMILES string of the molecule is Cc1ccc(CNCc2nnc(C)s2)s1. The molecule has 1 N–H and O–H groups in total. The van der Waals surface area contributed by atoms with Gasteiger partial charge in [-0.15, -0.1) is 32.9 Å². The fourth-order valence-corrected chi connectivity index (χ4v) is 2.82. The maximum absolute atomic E-state index is 4.06. The molecular weight excluding hydrogens is 226 g/mol. The number of rotatable bonds is 4. The molecule has 0 saturated carbocycles. The van der Waals surface area contributed by atoms with E-state index in [-0.39, 0.29) is 0 Å². The average Bonchev–Trinajstić information content (AvgIpc) is 2.76. The van der Waals surface area contributed by atoms with Crippen LogP contribution in [0.1, 0.15) is 19.8 Å². The number of hydrogen-bond donors (Lipinski definition) is 1. The monoisotopic (exact) mass is 239 g/mol. The maximum Gasteiger partial charge on any atom is 0.131 e. The van der Waals surface area contributed by atoms with Crippen LogP contribution in [0.5, 0.6) is 0 Å². The number of aromatic nitrogens is 2. The lowest BCUT2D eigenvalue weighted by Crippen LogP contribution is -2.11. The number of nitrogens with one attached hydrogen (secondary N) is 1. The Morgan fingerprint density at radius 3 is 2.60 bits per heavy atom. The van der Waals surface area contributed by atoms with Crippen molar-refractivity contribution in [2.45, 2.75) is 26.9 Å². The molecule has 0 spiro atoms. The summed E-state index contributed by atoms with van der Waals surface area (Å²) in [6.07, 6.45) is 0. The third-order valence-electron chi connectivity index (χ3n) is 1.94. The second-order valence-corrected chi connectivity index (χ2v) is 5.97. The lowest BCUT2D eigenvalue weighted by Gasteiger charge is -1.98. The van der Waals surface area contributed by atoms with Crippen LogP contribution >= 0.6 is 22.7 Å². The van der Waals surface area contributed by atoms with Gasteiger partial charge in [0.15, 0.2) is 0 Å². The van der Waals surface area contributed by atoms with Crippen LogP contribution in [0.4, 0.5) is 0 Å². The van der Waals surface area contributed by atoms with Crippen molar-refractivity contribution in [1.29, 1.82) is 0 Å². The quantitative estimate of drug-likeness (QED) is 0.891. The average molecular weight is 239 g/mol. The number of aryl methyl sites for hydroxylation is 2. The van der Waals surface area contributed by atoms with Crippen LogP contribution in [0, 0.1) is 13.8 Å². The van der Waals surface area contributed by atoms with E-state index in [9.17, 15) is 0 Å². The molecule has 3 nitrogen and oxygen atoms in total. The van der Waals surface area contributed by atoms with Gasteiger partial charge in [0.05, 0.1) is 6.54 Å². The molecule has 0 atom stereocenters. The molecule has 0 unspecified atom stereocenters. The molecule has 5 heteroatoms. The fourth-order valence-electron chi connectivity index (χ4n) is 1.28. The largest absolute Gasteiger partial charge is 0.305 e. The summed E-state index contributed by atoms with van der Waals surface area (Å²) in [7, 11) is 0. The van der Waals surface area contributed by atoms with Gasteiger partial charge in [0.25, 0.3) is 0 Å². The van der Waals surface area contributed by atoms with Crippen molar-refractivity contribution in [3.63, 3.8) is 0 Å². The first-order valence-electron chi connectivity index (χ1n) is 4.79. The minimum absolute atomic E-state index is 0.808. The number of nitrogens with zero attached hydrogens (tertiary/aromatic N) is 2. The van der Waals surface area contributed by atoms with E-state index in [0.717, 1.165) is 23.1 Å². The van der Waals surface area contributed by atoms with Gasteiger partial charge in [0.1, 0.15) is 10.0 Å². The van der Waals surface area contributed by atoms with Gasteiger partial charge < -0.3 is 5.32 Å². The van der Waals surface area contributed by atoms with Crippen molar-refractivity contribution >= 4 is 22.7 Å². The molecule has 2 aromatic rings. The molecule has 15 heavy (non-hydrogen) atoms. The molecule has 0 aromatic carbocycles. The Balaban J connectivity index is 1.80. The zero-order valence-electron chi connectivity index (χ0n) is 8.78. The molecule has 0 radical (unpaired) electrons. The van der Waals surface area contributed by atoms with Gasteiger partial charge in [-0.05, 0) is 26.0 Å². The normalized spacial score (nSPS) is 10.8. The van der Waals surface area contributed by atoms with Crippen molar-refractivity contribution < 1.29 is 0 Å². The van der Waals surface area contributed by atoms with E-state index in [0.29, 0.717) is 0 Å². The number of hydrogen-bond acceptors (Lipinski definition) is 5. The highest BCUT2D eigenvalue weighted by molar-refractivity contribution is 7.12.